The molecular weight excluding hydrogens is 381 g/mol. The third kappa shape index (κ3) is 5.60. The number of amides is 1. The van der Waals surface area contributed by atoms with Gasteiger partial charge >= 0.3 is 5.97 Å². The molecule has 7 nitrogen and oxygen atoms in total. The van der Waals surface area contributed by atoms with Crippen molar-refractivity contribution < 1.29 is 32.9 Å². The molecule has 0 saturated carbocycles. The number of fused-ring (bicyclic) bond motifs is 1. The molecule has 8 heteroatoms. The van der Waals surface area contributed by atoms with Crippen LogP contribution < -0.4 is 14.2 Å². The van der Waals surface area contributed by atoms with Crippen LogP contribution in [0.15, 0.2) is 42.5 Å². The van der Waals surface area contributed by atoms with E-state index in [1.807, 2.05) is 25.1 Å². The summed E-state index contributed by atoms with van der Waals surface area (Å²) < 4.78 is 34.5. The van der Waals surface area contributed by atoms with Crippen molar-refractivity contribution in [2.45, 2.75) is 13.5 Å². The lowest BCUT2D eigenvalue weighted by atomic mass is 10.2. The Morgan fingerprint density at radius 2 is 1.83 bits per heavy atom. The van der Waals surface area contributed by atoms with Crippen LogP contribution in [-0.2, 0) is 20.9 Å². The Kier molecular flexibility index (Phi) is 6.89. The van der Waals surface area contributed by atoms with E-state index < -0.39 is 25.0 Å². The molecule has 0 bridgehead atoms. The fourth-order valence-electron chi connectivity index (χ4n) is 2.76. The second-order valence-electron chi connectivity index (χ2n) is 6.27. The first kappa shape index (κ1) is 20.4. The van der Waals surface area contributed by atoms with Gasteiger partial charge in [-0.1, -0.05) is 18.2 Å². The lowest BCUT2D eigenvalue weighted by molar-refractivity contribution is -0.153. The average Bonchev–Trinajstić information content (AvgIpc) is 2.75. The summed E-state index contributed by atoms with van der Waals surface area (Å²) in [6.45, 7) is 2.71. The Morgan fingerprint density at radius 1 is 1.07 bits per heavy atom. The molecule has 0 aliphatic carbocycles. The highest BCUT2D eigenvalue weighted by Gasteiger charge is 2.17. The summed E-state index contributed by atoms with van der Waals surface area (Å²) in [7, 11) is 0. The largest absolute Gasteiger partial charge is 0.486 e. The van der Waals surface area contributed by atoms with Crippen LogP contribution in [0.1, 0.15) is 12.5 Å². The number of carbonyl (C=O) groups excluding carboxylic acids is 2. The van der Waals surface area contributed by atoms with Crippen LogP contribution in [0.2, 0.25) is 0 Å². The number of likely N-dealkylation sites (N-methyl/N-ethyl adjacent to an activating group) is 1. The van der Waals surface area contributed by atoms with Gasteiger partial charge in [-0.05, 0) is 36.8 Å². The summed E-state index contributed by atoms with van der Waals surface area (Å²) in [6, 6.07) is 11.2. The third-order valence-electron chi connectivity index (χ3n) is 4.25. The number of carbonyl (C=O) groups is 2. The van der Waals surface area contributed by atoms with E-state index in [4.69, 9.17) is 18.9 Å². The summed E-state index contributed by atoms with van der Waals surface area (Å²) in [4.78, 5) is 25.7. The molecule has 1 aliphatic rings. The summed E-state index contributed by atoms with van der Waals surface area (Å²) in [5, 5.41) is 0. The first-order chi connectivity index (χ1) is 14.1. The van der Waals surface area contributed by atoms with Crippen molar-refractivity contribution in [2.75, 3.05) is 33.0 Å². The molecular formula is C21H22FNO6. The van der Waals surface area contributed by atoms with Crippen molar-refractivity contribution in [1.29, 1.82) is 0 Å². The Bertz CT molecular complexity index is 872. The van der Waals surface area contributed by atoms with Crippen molar-refractivity contribution >= 4 is 11.9 Å². The Balaban J connectivity index is 1.48. The van der Waals surface area contributed by atoms with Crippen LogP contribution >= 0.6 is 0 Å². The molecule has 0 unspecified atom stereocenters. The number of ether oxygens (including phenoxy) is 4. The van der Waals surface area contributed by atoms with Crippen molar-refractivity contribution in [2.24, 2.45) is 0 Å². The molecule has 2 aromatic rings. The van der Waals surface area contributed by atoms with E-state index >= 15 is 0 Å². The van der Waals surface area contributed by atoms with E-state index in [0.717, 1.165) is 5.56 Å². The van der Waals surface area contributed by atoms with Gasteiger partial charge in [0, 0.05) is 13.1 Å². The van der Waals surface area contributed by atoms with Crippen LogP contribution in [0.5, 0.6) is 17.2 Å². The maximum atomic E-state index is 13.5. The number of benzene rings is 2. The molecule has 0 spiro atoms. The molecule has 0 saturated heterocycles. The lowest BCUT2D eigenvalue weighted by Gasteiger charge is -2.23. The van der Waals surface area contributed by atoms with Crippen molar-refractivity contribution in [3.05, 3.63) is 53.8 Å². The maximum Gasteiger partial charge on any atom is 0.344 e. The zero-order chi connectivity index (χ0) is 20.6. The van der Waals surface area contributed by atoms with Gasteiger partial charge in [0.05, 0.1) is 0 Å². The number of rotatable bonds is 8. The summed E-state index contributed by atoms with van der Waals surface area (Å²) >= 11 is 0. The van der Waals surface area contributed by atoms with E-state index in [9.17, 15) is 14.0 Å². The molecule has 0 fully saturated rings. The highest BCUT2D eigenvalue weighted by Crippen LogP contribution is 2.31. The Labute approximate surface area is 167 Å². The number of halogens is 1. The first-order valence-electron chi connectivity index (χ1n) is 9.26. The molecule has 1 aliphatic heterocycles. The average molecular weight is 403 g/mol. The van der Waals surface area contributed by atoms with Crippen LogP contribution in [0.4, 0.5) is 4.39 Å². The van der Waals surface area contributed by atoms with Crippen LogP contribution in [0.3, 0.4) is 0 Å². The van der Waals surface area contributed by atoms with E-state index in [1.165, 1.54) is 18.2 Å². The second kappa shape index (κ2) is 9.77. The van der Waals surface area contributed by atoms with Crippen molar-refractivity contribution in [3.63, 3.8) is 0 Å². The zero-order valence-electron chi connectivity index (χ0n) is 16.1. The van der Waals surface area contributed by atoms with E-state index in [2.05, 4.69) is 0 Å². The predicted octanol–water partition coefficient (Wildman–Crippen LogP) is 2.57. The molecule has 1 amide bonds. The summed E-state index contributed by atoms with van der Waals surface area (Å²) in [6.07, 6.45) is 0. The molecule has 154 valence electrons. The number of hydrogen-bond acceptors (Lipinski definition) is 6. The minimum absolute atomic E-state index is 0.0513. The van der Waals surface area contributed by atoms with Crippen LogP contribution in [-0.4, -0.2) is 49.7 Å². The monoisotopic (exact) mass is 403 g/mol. The minimum atomic E-state index is -0.753. The van der Waals surface area contributed by atoms with Gasteiger partial charge in [0.2, 0.25) is 0 Å². The Hall–Kier alpha value is -3.29. The maximum absolute atomic E-state index is 13.5. The number of hydrogen-bond donors (Lipinski definition) is 0. The lowest BCUT2D eigenvalue weighted by Crippen LogP contribution is -2.34. The van der Waals surface area contributed by atoms with E-state index in [-0.39, 0.29) is 11.7 Å². The van der Waals surface area contributed by atoms with Gasteiger partial charge in [-0.2, -0.15) is 0 Å². The van der Waals surface area contributed by atoms with Gasteiger partial charge in [-0.3, -0.25) is 4.79 Å². The van der Waals surface area contributed by atoms with Crippen molar-refractivity contribution in [3.8, 4) is 17.2 Å². The molecule has 0 N–H and O–H groups in total. The van der Waals surface area contributed by atoms with Gasteiger partial charge in [0.25, 0.3) is 5.91 Å². The van der Waals surface area contributed by atoms with Crippen LogP contribution in [0.25, 0.3) is 0 Å². The van der Waals surface area contributed by atoms with Crippen LogP contribution in [0, 0.1) is 5.82 Å². The standard InChI is InChI=1S/C21H22FNO6/c1-2-23(12-15-7-8-18-19(11-15)27-10-9-26-18)20(24)13-29-21(25)14-28-17-6-4-3-5-16(17)22/h3-8,11H,2,9-10,12-14H2,1H3. The summed E-state index contributed by atoms with van der Waals surface area (Å²) in [5.41, 5.74) is 0.874. The zero-order valence-corrected chi connectivity index (χ0v) is 16.1. The third-order valence-corrected chi connectivity index (χ3v) is 4.25. The van der Waals surface area contributed by atoms with Crippen molar-refractivity contribution in [1.82, 2.24) is 4.90 Å². The molecule has 2 aromatic carbocycles. The highest BCUT2D eigenvalue weighted by atomic mass is 19.1. The Morgan fingerprint density at radius 3 is 2.59 bits per heavy atom. The topological polar surface area (TPSA) is 74.3 Å². The smallest absolute Gasteiger partial charge is 0.344 e. The second-order valence-corrected chi connectivity index (χ2v) is 6.27. The first-order valence-corrected chi connectivity index (χ1v) is 9.26. The molecule has 1 heterocycles. The summed E-state index contributed by atoms with van der Waals surface area (Å²) in [5.74, 6) is -0.400. The highest BCUT2D eigenvalue weighted by molar-refractivity contribution is 5.81. The molecule has 3 rings (SSSR count). The molecule has 0 radical (unpaired) electrons. The fourth-order valence-corrected chi connectivity index (χ4v) is 2.76. The predicted molar refractivity (Wildman–Crippen MR) is 101 cm³/mol. The fraction of sp³-hybridized carbons (Fsp3) is 0.333. The number of nitrogens with zero attached hydrogens (tertiary/aromatic N) is 1. The molecule has 0 aromatic heterocycles. The number of esters is 1. The van der Waals surface area contributed by atoms with Gasteiger partial charge in [0.15, 0.2) is 36.3 Å². The van der Waals surface area contributed by atoms with E-state index in [1.54, 1.807) is 11.0 Å². The quantitative estimate of drug-likeness (QED) is 0.631. The van der Waals surface area contributed by atoms with Gasteiger partial charge in [-0.25, -0.2) is 9.18 Å². The molecule has 0 atom stereocenters. The minimum Gasteiger partial charge on any atom is -0.486 e. The van der Waals surface area contributed by atoms with Gasteiger partial charge < -0.3 is 23.8 Å². The number of para-hydroxylation sites is 1. The van der Waals surface area contributed by atoms with E-state index in [0.29, 0.717) is 37.8 Å². The van der Waals surface area contributed by atoms with Gasteiger partial charge in [-0.15, -0.1) is 0 Å². The normalized spacial score (nSPS) is 12.2. The van der Waals surface area contributed by atoms with Gasteiger partial charge in [0.1, 0.15) is 13.2 Å². The SMILES string of the molecule is CCN(Cc1ccc2c(c1)OCCO2)C(=O)COC(=O)COc1ccccc1F. The molecule has 29 heavy (non-hydrogen) atoms.